The topological polar surface area (TPSA) is 28.5 Å². The van der Waals surface area contributed by atoms with Crippen LogP contribution >= 0.6 is 11.6 Å². The first kappa shape index (κ1) is 21.0. The average molecular weight is 424 g/mol. The number of hydrogen-bond donors (Lipinski definition) is 0. The highest BCUT2D eigenvalue weighted by Gasteiger charge is 2.24. The van der Waals surface area contributed by atoms with E-state index in [0.717, 1.165) is 54.1 Å². The van der Waals surface area contributed by atoms with Gasteiger partial charge in [0.15, 0.2) is 0 Å². The molecule has 1 saturated heterocycles. The summed E-state index contributed by atoms with van der Waals surface area (Å²) in [6, 6.07) is 16.3. The maximum absolute atomic E-state index is 13.2. The van der Waals surface area contributed by atoms with E-state index in [2.05, 4.69) is 23.1 Å². The van der Waals surface area contributed by atoms with Crippen molar-refractivity contribution >= 4 is 28.4 Å². The second kappa shape index (κ2) is 9.23. The van der Waals surface area contributed by atoms with E-state index in [9.17, 15) is 4.79 Å². The number of hydrogen-bond acceptors (Lipinski definition) is 2. The number of halogens is 1. The van der Waals surface area contributed by atoms with Crippen LogP contribution in [-0.4, -0.2) is 53.5 Å². The molecule has 3 aromatic rings. The van der Waals surface area contributed by atoms with Gasteiger partial charge in [-0.25, -0.2) is 0 Å². The van der Waals surface area contributed by atoms with Crippen LogP contribution in [-0.2, 0) is 13.5 Å². The Kier molecular flexibility index (Phi) is 6.45. The zero-order chi connectivity index (χ0) is 21.1. The summed E-state index contributed by atoms with van der Waals surface area (Å²) in [6.07, 6.45) is 5.38. The Bertz CT molecular complexity index is 1010. The molecule has 2 aromatic carbocycles. The van der Waals surface area contributed by atoms with E-state index in [0.29, 0.717) is 5.92 Å². The second-order valence-electron chi connectivity index (χ2n) is 8.54. The van der Waals surface area contributed by atoms with Crippen molar-refractivity contribution in [2.24, 2.45) is 13.0 Å². The molecule has 0 bridgehead atoms. The number of nitrogens with zero attached hydrogens (tertiary/aromatic N) is 3. The molecule has 1 atom stereocenters. The monoisotopic (exact) mass is 423 g/mol. The van der Waals surface area contributed by atoms with E-state index in [-0.39, 0.29) is 5.91 Å². The van der Waals surface area contributed by atoms with Gasteiger partial charge in [-0.3, -0.25) is 4.79 Å². The molecule has 2 heterocycles. The van der Waals surface area contributed by atoms with E-state index in [1.165, 1.54) is 18.4 Å². The van der Waals surface area contributed by atoms with E-state index in [1.807, 2.05) is 60.1 Å². The summed E-state index contributed by atoms with van der Waals surface area (Å²) in [5, 5.41) is 1.82. The maximum Gasteiger partial charge on any atom is 0.255 e. The van der Waals surface area contributed by atoms with Crippen LogP contribution in [0.2, 0.25) is 5.02 Å². The van der Waals surface area contributed by atoms with Crippen molar-refractivity contribution in [3.05, 3.63) is 70.9 Å². The molecule has 0 N–H and O–H groups in total. The first-order valence-corrected chi connectivity index (χ1v) is 11.2. The predicted octanol–water partition coefficient (Wildman–Crippen LogP) is 4.86. The van der Waals surface area contributed by atoms with Gasteiger partial charge in [0.1, 0.15) is 0 Å². The summed E-state index contributed by atoms with van der Waals surface area (Å²) in [6.45, 7) is 4.06. The van der Waals surface area contributed by atoms with Crippen LogP contribution in [0, 0.1) is 5.92 Å². The predicted molar refractivity (Wildman–Crippen MR) is 124 cm³/mol. The smallest absolute Gasteiger partial charge is 0.255 e. The molecule has 4 rings (SSSR count). The number of carbonyl (C=O) groups excluding carboxylic acids is 1. The lowest BCUT2D eigenvalue weighted by Gasteiger charge is -2.34. The van der Waals surface area contributed by atoms with Crippen LogP contribution in [0.5, 0.6) is 0 Å². The summed E-state index contributed by atoms with van der Waals surface area (Å²) < 4.78 is 2.04. The van der Waals surface area contributed by atoms with Crippen LogP contribution in [0.15, 0.2) is 54.7 Å². The normalized spacial score (nSPS) is 17.4. The standard InChI is InChI=1S/C25H30ClN3O/c1-27-18-23(22-7-3-4-8-24(22)27)25(30)28(2)16-20-6-5-14-29(17-20)15-13-19-9-11-21(26)12-10-19/h3-4,7-12,18,20H,5-6,13-17H2,1-2H3. The third kappa shape index (κ3) is 4.71. The van der Waals surface area contributed by atoms with Crippen LogP contribution in [0.1, 0.15) is 28.8 Å². The fourth-order valence-electron chi connectivity index (χ4n) is 4.63. The van der Waals surface area contributed by atoms with Gasteiger partial charge in [0.2, 0.25) is 0 Å². The minimum Gasteiger partial charge on any atom is -0.350 e. The van der Waals surface area contributed by atoms with Gasteiger partial charge < -0.3 is 14.4 Å². The molecular formula is C25H30ClN3O. The second-order valence-corrected chi connectivity index (χ2v) is 8.98. The van der Waals surface area contributed by atoms with Crippen molar-refractivity contribution in [1.82, 2.24) is 14.4 Å². The Morgan fingerprint density at radius 1 is 1.17 bits per heavy atom. The molecule has 1 fully saturated rings. The first-order valence-electron chi connectivity index (χ1n) is 10.8. The van der Waals surface area contributed by atoms with E-state index in [1.54, 1.807) is 0 Å². The van der Waals surface area contributed by atoms with E-state index < -0.39 is 0 Å². The molecule has 30 heavy (non-hydrogen) atoms. The summed E-state index contributed by atoms with van der Waals surface area (Å²) in [5.74, 6) is 0.637. The number of likely N-dealkylation sites (tertiary alicyclic amines) is 1. The molecule has 0 radical (unpaired) electrons. The fraction of sp³-hybridized carbons (Fsp3) is 0.400. The van der Waals surface area contributed by atoms with Crippen LogP contribution in [0.25, 0.3) is 10.9 Å². The molecule has 158 valence electrons. The molecule has 1 aliphatic rings. The van der Waals surface area contributed by atoms with Gasteiger partial charge in [0, 0.05) is 55.9 Å². The number of benzene rings is 2. The average Bonchev–Trinajstić information content (AvgIpc) is 3.10. The maximum atomic E-state index is 13.2. The Balaban J connectivity index is 1.35. The summed E-state index contributed by atoms with van der Waals surface area (Å²) in [7, 11) is 3.94. The number of aryl methyl sites for hydroxylation is 1. The zero-order valence-electron chi connectivity index (χ0n) is 17.9. The number of piperidine rings is 1. The lowest BCUT2D eigenvalue weighted by atomic mass is 9.96. The number of para-hydroxylation sites is 1. The van der Waals surface area contributed by atoms with E-state index in [4.69, 9.17) is 11.6 Å². The molecule has 1 aliphatic heterocycles. The van der Waals surface area contributed by atoms with Gasteiger partial charge in [-0.1, -0.05) is 41.9 Å². The number of amides is 1. The van der Waals surface area contributed by atoms with Gasteiger partial charge in [-0.15, -0.1) is 0 Å². The molecule has 0 saturated carbocycles. The Labute approximate surface area is 184 Å². The van der Waals surface area contributed by atoms with Crippen molar-refractivity contribution in [1.29, 1.82) is 0 Å². The highest BCUT2D eigenvalue weighted by molar-refractivity contribution is 6.30. The molecule has 1 aromatic heterocycles. The molecular weight excluding hydrogens is 394 g/mol. The molecule has 4 nitrogen and oxygen atoms in total. The fourth-order valence-corrected chi connectivity index (χ4v) is 4.76. The highest BCUT2D eigenvalue weighted by atomic mass is 35.5. The Morgan fingerprint density at radius 3 is 2.73 bits per heavy atom. The molecule has 0 spiro atoms. The summed E-state index contributed by atoms with van der Waals surface area (Å²) in [4.78, 5) is 17.6. The quantitative estimate of drug-likeness (QED) is 0.566. The van der Waals surface area contributed by atoms with Crippen molar-refractivity contribution < 1.29 is 4.79 Å². The third-order valence-corrected chi connectivity index (χ3v) is 6.49. The van der Waals surface area contributed by atoms with Crippen molar-refractivity contribution in [2.45, 2.75) is 19.3 Å². The Hall–Kier alpha value is -2.30. The zero-order valence-corrected chi connectivity index (χ0v) is 18.6. The third-order valence-electron chi connectivity index (χ3n) is 6.24. The van der Waals surface area contributed by atoms with Crippen molar-refractivity contribution in [3.63, 3.8) is 0 Å². The minimum absolute atomic E-state index is 0.116. The molecule has 0 aliphatic carbocycles. The van der Waals surface area contributed by atoms with Crippen LogP contribution in [0.4, 0.5) is 0 Å². The SMILES string of the molecule is CN(CC1CCCN(CCc2ccc(Cl)cc2)C1)C(=O)c1cn(C)c2ccccc12. The van der Waals surface area contributed by atoms with E-state index >= 15 is 0 Å². The van der Waals surface area contributed by atoms with Crippen LogP contribution in [0.3, 0.4) is 0 Å². The lowest BCUT2D eigenvalue weighted by molar-refractivity contribution is 0.0732. The van der Waals surface area contributed by atoms with Crippen molar-refractivity contribution in [2.75, 3.05) is 33.2 Å². The highest BCUT2D eigenvalue weighted by Crippen LogP contribution is 2.23. The summed E-state index contributed by atoms with van der Waals surface area (Å²) >= 11 is 5.99. The molecule has 5 heteroatoms. The number of fused-ring (bicyclic) bond motifs is 1. The van der Waals surface area contributed by atoms with Gasteiger partial charge in [-0.2, -0.15) is 0 Å². The Morgan fingerprint density at radius 2 is 1.93 bits per heavy atom. The van der Waals surface area contributed by atoms with Gasteiger partial charge >= 0.3 is 0 Å². The largest absolute Gasteiger partial charge is 0.350 e. The molecule has 1 amide bonds. The molecule has 1 unspecified atom stereocenters. The lowest BCUT2D eigenvalue weighted by Crippen LogP contribution is -2.42. The first-order chi connectivity index (χ1) is 14.5. The van der Waals surface area contributed by atoms with Crippen molar-refractivity contribution in [3.8, 4) is 0 Å². The number of carbonyl (C=O) groups is 1. The summed E-state index contributed by atoms with van der Waals surface area (Å²) in [5.41, 5.74) is 3.22. The number of rotatable bonds is 6. The number of aromatic nitrogens is 1. The minimum atomic E-state index is 0.116. The van der Waals surface area contributed by atoms with Gasteiger partial charge in [-0.05, 0) is 55.5 Å². The van der Waals surface area contributed by atoms with Gasteiger partial charge in [0.25, 0.3) is 5.91 Å². The van der Waals surface area contributed by atoms with Crippen LogP contribution < -0.4 is 0 Å². The van der Waals surface area contributed by atoms with Gasteiger partial charge in [0.05, 0.1) is 5.56 Å².